The van der Waals surface area contributed by atoms with E-state index < -0.39 is 23.6 Å². The smallest absolute Gasteiger partial charge is 0.310 e. The van der Waals surface area contributed by atoms with Crippen LogP contribution in [0.1, 0.15) is 47.3 Å². The number of Topliss-reactive ketones (excluding diaryl/α,β-unsaturated/α-hetero) is 1. The Morgan fingerprint density at radius 1 is 0.918 bits per heavy atom. The van der Waals surface area contributed by atoms with Gasteiger partial charge >= 0.3 is 5.97 Å². The predicted molar refractivity (Wildman–Crippen MR) is 190 cm³/mol. The number of halogens is 2. The SMILES string of the molecule is CC(C)(C)c1ccc(C(=O)C[C@@H](Cc2ccc(-c3ncc(-c4ccc(-c5ccccc5Cl)cc4F)cn3)cc2)C(=O)N2CC(C(=O)O)C2)s1. The predicted octanol–water partition coefficient (Wildman–Crippen LogP) is 8.60. The van der Waals surface area contributed by atoms with E-state index in [1.165, 1.54) is 22.3 Å². The standard InChI is InChI=1S/C39H35ClFN3O4S/c1-39(2,3)35-15-14-34(49-35)33(45)18-26(37(46)44-21-28(22-44)38(47)48)16-23-8-10-24(11-9-23)36-42-19-27(20-43-36)30-13-12-25(17-32(30)41)29-6-4-5-7-31(29)40/h4-15,17,19-20,26,28H,16,18,21-22H2,1-3H3,(H,47,48)/t26-/m1/s1. The van der Waals surface area contributed by atoms with Crippen molar-refractivity contribution in [2.24, 2.45) is 11.8 Å². The van der Waals surface area contributed by atoms with Gasteiger partial charge in [0.05, 0.1) is 10.8 Å². The van der Waals surface area contributed by atoms with Crippen LogP contribution in [-0.2, 0) is 21.4 Å². The fourth-order valence-corrected chi connectivity index (χ4v) is 7.09. The van der Waals surface area contributed by atoms with Crippen molar-refractivity contribution in [2.75, 3.05) is 13.1 Å². The fraction of sp³-hybridized carbons (Fsp3) is 0.256. The van der Waals surface area contributed by atoms with Crippen molar-refractivity contribution in [1.29, 1.82) is 0 Å². The minimum atomic E-state index is -0.924. The van der Waals surface area contributed by atoms with E-state index in [9.17, 15) is 19.5 Å². The Labute approximate surface area is 293 Å². The molecule has 1 saturated heterocycles. The Kier molecular flexibility index (Phi) is 9.77. The molecule has 0 bridgehead atoms. The van der Waals surface area contributed by atoms with E-state index in [4.69, 9.17) is 11.6 Å². The molecule has 3 heterocycles. The maximum atomic E-state index is 15.2. The van der Waals surface area contributed by atoms with Crippen LogP contribution >= 0.6 is 22.9 Å². The number of rotatable bonds is 10. The average Bonchev–Trinajstić information content (AvgIpc) is 3.56. The summed E-state index contributed by atoms with van der Waals surface area (Å²) in [5.41, 5.74) is 3.83. The molecular formula is C39H35ClFN3O4S. The minimum absolute atomic E-state index is 0.0272. The van der Waals surface area contributed by atoms with Gasteiger partial charge in [-0.1, -0.05) is 87.0 Å². The summed E-state index contributed by atoms with van der Waals surface area (Å²) in [6.07, 6.45) is 3.51. The molecule has 0 unspecified atom stereocenters. The fourth-order valence-electron chi connectivity index (χ4n) is 5.84. The van der Waals surface area contributed by atoms with E-state index in [1.54, 1.807) is 24.5 Å². The molecule has 2 aromatic heterocycles. The molecule has 250 valence electrons. The lowest BCUT2D eigenvalue weighted by Crippen LogP contribution is -2.55. The molecule has 0 aliphatic carbocycles. The van der Waals surface area contributed by atoms with Gasteiger partial charge in [0.1, 0.15) is 5.82 Å². The summed E-state index contributed by atoms with van der Waals surface area (Å²) < 4.78 is 15.2. The van der Waals surface area contributed by atoms with E-state index >= 15 is 4.39 Å². The van der Waals surface area contributed by atoms with Crippen molar-refractivity contribution in [3.05, 3.63) is 117 Å². The van der Waals surface area contributed by atoms with Crippen molar-refractivity contribution >= 4 is 40.6 Å². The molecule has 1 aliphatic heterocycles. The first-order valence-corrected chi connectivity index (χ1v) is 17.2. The summed E-state index contributed by atoms with van der Waals surface area (Å²) in [5.74, 6) is -2.41. The third-order valence-electron chi connectivity index (χ3n) is 8.75. The number of amides is 1. The van der Waals surface area contributed by atoms with Crippen LogP contribution < -0.4 is 0 Å². The van der Waals surface area contributed by atoms with Crippen LogP contribution in [0.25, 0.3) is 33.6 Å². The molecule has 0 radical (unpaired) electrons. The van der Waals surface area contributed by atoms with E-state index in [0.29, 0.717) is 38.8 Å². The Morgan fingerprint density at radius 2 is 1.59 bits per heavy atom. The highest BCUT2D eigenvalue weighted by Crippen LogP contribution is 2.33. The highest BCUT2D eigenvalue weighted by atomic mass is 35.5. The van der Waals surface area contributed by atoms with Gasteiger partial charge in [0, 0.05) is 70.0 Å². The Hall–Kier alpha value is -4.73. The maximum absolute atomic E-state index is 15.2. The lowest BCUT2D eigenvalue weighted by molar-refractivity contribution is -0.154. The second-order valence-electron chi connectivity index (χ2n) is 13.4. The lowest BCUT2D eigenvalue weighted by Gasteiger charge is -2.38. The first-order valence-electron chi connectivity index (χ1n) is 16.0. The average molecular weight is 696 g/mol. The number of benzene rings is 3. The molecule has 49 heavy (non-hydrogen) atoms. The number of carboxylic acid groups (broad SMARTS) is 1. The van der Waals surface area contributed by atoms with Gasteiger partial charge in [-0.15, -0.1) is 11.3 Å². The van der Waals surface area contributed by atoms with Gasteiger partial charge in [-0.25, -0.2) is 14.4 Å². The first-order chi connectivity index (χ1) is 23.4. The van der Waals surface area contributed by atoms with Crippen LogP contribution in [0.4, 0.5) is 4.39 Å². The summed E-state index contributed by atoms with van der Waals surface area (Å²) >= 11 is 7.74. The van der Waals surface area contributed by atoms with Gasteiger partial charge in [0.2, 0.25) is 5.91 Å². The molecule has 0 saturated carbocycles. The Bertz CT molecular complexity index is 2020. The van der Waals surface area contributed by atoms with Gasteiger partial charge in [0.15, 0.2) is 11.6 Å². The van der Waals surface area contributed by atoms with Gasteiger partial charge in [-0.2, -0.15) is 0 Å². The number of aliphatic carboxylic acids is 1. The van der Waals surface area contributed by atoms with E-state index in [0.717, 1.165) is 21.6 Å². The number of thiophene rings is 1. The largest absolute Gasteiger partial charge is 0.481 e. The molecule has 7 nitrogen and oxygen atoms in total. The first kappa shape index (κ1) is 34.1. The van der Waals surface area contributed by atoms with E-state index in [1.807, 2.05) is 60.7 Å². The number of carbonyl (C=O) groups is 3. The van der Waals surface area contributed by atoms with E-state index in [-0.39, 0.29) is 36.6 Å². The number of aromatic nitrogens is 2. The van der Waals surface area contributed by atoms with Crippen LogP contribution in [0.15, 0.2) is 91.3 Å². The van der Waals surface area contributed by atoms with Crippen molar-refractivity contribution < 1.29 is 23.9 Å². The number of nitrogens with zero attached hydrogens (tertiary/aromatic N) is 3. The molecule has 0 spiro atoms. The third kappa shape index (κ3) is 7.63. The number of hydrogen-bond acceptors (Lipinski definition) is 6. The third-order valence-corrected chi connectivity index (χ3v) is 10.6. The lowest BCUT2D eigenvalue weighted by atomic mass is 9.89. The molecular weight excluding hydrogens is 661 g/mol. The number of carbonyl (C=O) groups excluding carboxylic acids is 2. The van der Waals surface area contributed by atoms with E-state index in [2.05, 4.69) is 30.7 Å². The van der Waals surface area contributed by atoms with Gasteiger partial charge in [-0.3, -0.25) is 14.4 Å². The summed E-state index contributed by atoms with van der Waals surface area (Å²) in [4.78, 5) is 50.5. The zero-order chi connectivity index (χ0) is 34.9. The highest BCUT2D eigenvalue weighted by molar-refractivity contribution is 7.14. The Morgan fingerprint density at radius 3 is 2.20 bits per heavy atom. The molecule has 1 aliphatic rings. The summed E-state index contributed by atoms with van der Waals surface area (Å²) in [5, 5.41) is 9.85. The van der Waals surface area contributed by atoms with Crippen molar-refractivity contribution in [3.8, 4) is 33.6 Å². The summed E-state index contributed by atoms with van der Waals surface area (Å²) in [7, 11) is 0. The molecule has 1 amide bonds. The molecule has 1 fully saturated rings. The van der Waals surface area contributed by atoms with Crippen molar-refractivity contribution in [3.63, 3.8) is 0 Å². The quantitative estimate of drug-likeness (QED) is 0.147. The highest BCUT2D eigenvalue weighted by Gasteiger charge is 2.39. The normalized spacial score (nSPS) is 13.9. The summed E-state index contributed by atoms with van der Waals surface area (Å²) in [6.45, 7) is 6.56. The van der Waals surface area contributed by atoms with Crippen molar-refractivity contribution in [2.45, 2.75) is 39.0 Å². The minimum Gasteiger partial charge on any atom is -0.481 e. The number of likely N-dealkylation sites (tertiary alicyclic amines) is 1. The molecule has 1 N–H and O–H groups in total. The molecule has 3 aromatic carbocycles. The van der Waals surface area contributed by atoms with Crippen LogP contribution in [0.5, 0.6) is 0 Å². The van der Waals surface area contributed by atoms with Gasteiger partial charge in [-0.05, 0) is 47.2 Å². The summed E-state index contributed by atoms with van der Waals surface area (Å²) in [6, 6.07) is 23.5. The molecule has 6 rings (SSSR count). The van der Waals surface area contributed by atoms with Crippen LogP contribution in [-0.4, -0.2) is 50.7 Å². The van der Waals surface area contributed by atoms with Crippen LogP contribution in [0.3, 0.4) is 0 Å². The monoisotopic (exact) mass is 695 g/mol. The maximum Gasteiger partial charge on any atom is 0.310 e. The van der Waals surface area contributed by atoms with Gasteiger partial charge in [0.25, 0.3) is 0 Å². The number of hydrogen-bond donors (Lipinski definition) is 1. The van der Waals surface area contributed by atoms with Crippen molar-refractivity contribution in [1.82, 2.24) is 14.9 Å². The van der Waals surface area contributed by atoms with Crippen LogP contribution in [0, 0.1) is 17.7 Å². The Balaban J connectivity index is 1.16. The van der Waals surface area contributed by atoms with Crippen LogP contribution in [0.2, 0.25) is 5.02 Å². The molecule has 10 heteroatoms. The molecule has 1 atom stereocenters. The molecule has 5 aromatic rings. The zero-order valence-corrected chi connectivity index (χ0v) is 28.9. The number of carboxylic acids is 1. The second kappa shape index (κ2) is 14.0. The van der Waals surface area contributed by atoms with Gasteiger partial charge < -0.3 is 10.0 Å². The number of ketones is 1. The zero-order valence-electron chi connectivity index (χ0n) is 27.3. The topological polar surface area (TPSA) is 100 Å². The second-order valence-corrected chi connectivity index (χ2v) is 14.9.